The predicted octanol–water partition coefficient (Wildman–Crippen LogP) is 2.68. The second-order valence-corrected chi connectivity index (χ2v) is 5.86. The van der Waals surface area contributed by atoms with Crippen LogP contribution in [0.3, 0.4) is 0 Å². The zero-order chi connectivity index (χ0) is 17.5. The van der Waals surface area contributed by atoms with Crippen LogP contribution < -0.4 is 10.6 Å². The van der Waals surface area contributed by atoms with Gasteiger partial charge in [0.05, 0.1) is 6.04 Å². The zero-order valence-electron chi connectivity index (χ0n) is 14.2. The Hall–Kier alpha value is -2.66. The summed E-state index contributed by atoms with van der Waals surface area (Å²) in [6, 6.07) is 17.1. The molecule has 5 nitrogen and oxygen atoms in total. The minimum Gasteiger partial charge on any atom is -0.350 e. The number of amides is 2. The second-order valence-electron chi connectivity index (χ2n) is 5.86. The Morgan fingerprint density at radius 2 is 1.75 bits per heavy atom. The zero-order valence-corrected chi connectivity index (χ0v) is 14.2. The van der Waals surface area contributed by atoms with Crippen molar-refractivity contribution < 1.29 is 9.59 Å². The summed E-state index contributed by atoms with van der Waals surface area (Å²) in [5.41, 5.74) is 2.28. The van der Waals surface area contributed by atoms with Crippen LogP contribution in [0.1, 0.15) is 28.9 Å². The summed E-state index contributed by atoms with van der Waals surface area (Å²) < 4.78 is 0. The highest BCUT2D eigenvalue weighted by atomic mass is 16.2. The van der Waals surface area contributed by atoms with Gasteiger partial charge in [0.2, 0.25) is 5.91 Å². The van der Waals surface area contributed by atoms with E-state index in [9.17, 15) is 9.59 Å². The van der Waals surface area contributed by atoms with E-state index >= 15 is 0 Å². The molecule has 0 spiro atoms. The van der Waals surface area contributed by atoms with E-state index < -0.39 is 0 Å². The van der Waals surface area contributed by atoms with E-state index in [0.717, 1.165) is 5.56 Å². The lowest BCUT2D eigenvalue weighted by Gasteiger charge is -2.25. The summed E-state index contributed by atoms with van der Waals surface area (Å²) in [6.45, 7) is 1.94. The fourth-order valence-corrected chi connectivity index (χ4v) is 2.51. The minimum atomic E-state index is -0.163. The van der Waals surface area contributed by atoms with E-state index in [1.807, 2.05) is 44.4 Å². The van der Waals surface area contributed by atoms with Gasteiger partial charge in [-0.25, -0.2) is 0 Å². The van der Waals surface area contributed by atoms with E-state index in [4.69, 9.17) is 0 Å². The number of carbonyl (C=O) groups excluding carboxylic acids is 2. The SMILES string of the molecule is CC(=O)Nc1cccc(C(=O)NC[C@H](c2ccccc2)N(C)C)c1. The molecule has 1 atom stereocenters. The van der Waals surface area contributed by atoms with Crippen LogP contribution in [0.2, 0.25) is 0 Å². The summed E-state index contributed by atoms with van der Waals surface area (Å²) >= 11 is 0. The predicted molar refractivity (Wildman–Crippen MR) is 95.9 cm³/mol. The number of rotatable bonds is 6. The van der Waals surface area contributed by atoms with E-state index in [0.29, 0.717) is 17.8 Å². The third kappa shape index (κ3) is 4.93. The number of hydrogen-bond donors (Lipinski definition) is 2. The van der Waals surface area contributed by atoms with Crippen LogP contribution in [0.15, 0.2) is 54.6 Å². The maximum absolute atomic E-state index is 12.4. The molecule has 2 N–H and O–H groups in total. The third-order valence-electron chi connectivity index (χ3n) is 3.71. The molecule has 0 unspecified atom stereocenters. The second kappa shape index (κ2) is 8.26. The molecule has 0 saturated heterocycles. The summed E-state index contributed by atoms with van der Waals surface area (Å²) in [7, 11) is 3.97. The summed E-state index contributed by atoms with van der Waals surface area (Å²) in [5, 5.41) is 5.65. The number of likely N-dealkylation sites (N-methyl/N-ethyl adjacent to an activating group) is 1. The lowest BCUT2D eigenvalue weighted by Crippen LogP contribution is -2.34. The Balaban J connectivity index is 2.05. The van der Waals surface area contributed by atoms with Gasteiger partial charge in [-0.15, -0.1) is 0 Å². The Morgan fingerprint density at radius 1 is 1.04 bits per heavy atom. The van der Waals surface area contributed by atoms with Crippen LogP contribution in [-0.4, -0.2) is 37.4 Å². The Kier molecular flexibility index (Phi) is 6.09. The molecule has 0 heterocycles. The molecule has 2 rings (SSSR count). The van der Waals surface area contributed by atoms with Crippen molar-refractivity contribution in [2.75, 3.05) is 26.0 Å². The molecule has 24 heavy (non-hydrogen) atoms. The van der Waals surface area contributed by atoms with Crippen LogP contribution in [0.4, 0.5) is 5.69 Å². The van der Waals surface area contributed by atoms with E-state index in [1.165, 1.54) is 6.92 Å². The smallest absolute Gasteiger partial charge is 0.251 e. The first-order valence-electron chi connectivity index (χ1n) is 7.84. The molecular formula is C19H23N3O2. The normalized spacial score (nSPS) is 11.8. The molecule has 5 heteroatoms. The van der Waals surface area contributed by atoms with Crippen molar-refractivity contribution in [3.63, 3.8) is 0 Å². The van der Waals surface area contributed by atoms with Gasteiger partial charge >= 0.3 is 0 Å². The topological polar surface area (TPSA) is 61.4 Å². The highest BCUT2D eigenvalue weighted by molar-refractivity contribution is 5.96. The summed E-state index contributed by atoms with van der Waals surface area (Å²) in [5.74, 6) is -0.325. The van der Waals surface area contributed by atoms with Crippen LogP contribution >= 0.6 is 0 Å². The summed E-state index contributed by atoms with van der Waals surface area (Å²) in [6.07, 6.45) is 0. The first-order chi connectivity index (χ1) is 11.5. The van der Waals surface area contributed by atoms with Gasteiger partial charge in [0, 0.05) is 24.7 Å². The number of nitrogens with zero attached hydrogens (tertiary/aromatic N) is 1. The van der Waals surface area contributed by atoms with Gasteiger partial charge in [-0.05, 0) is 37.9 Å². The molecule has 0 aromatic heterocycles. The van der Waals surface area contributed by atoms with E-state index in [2.05, 4.69) is 15.5 Å². The standard InChI is InChI=1S/C19H23N3O2/c1-14(23)21-17-11-7-10-16(12-17)19(24)20-13-18(22(2)3)15-8-5-4-6-9-15/h4-12,18H,13H2,1-3H3,(H,20,24)(H,21,23)/t18-/m1/s1. The van der Waals surface area contributed by atoms with E-state index in [-0.39, 0.29) is 17.9 Å². The molecule has 0 fully saturated rings. The minimum absolute atomic E-state index is 0.0914. The molecule has 126 valence electrons. The molecule has 0 aliphatic rings. The molecule has 0 aliphatic carbocycles. The quantitative estimate of drug-likeness (QED) is 0.858. The van der Waals surface area contributed by atoms with Crippen LogP contribution in [-0.2, 0) is 4.79 Å². The highest BCUT2D eigenvalue weighted by Gasteiger charge is 2.15. The number of hydrogen-bond acceptors (Lipinski definition) is 3. The fraction of sp³-hybridized carbons (Fsp3) is 0.263. The Labute approximate surface area is 142 Å². The van der Waals surface area contributed by atoms with Crippen LogP contribution in [0.5, 0.6) is 0 Å². The van der Waals surface area contributed by atoms with Gasteiger partial charge < -0.3 is 15.5 Å². The lowest BCUT2D eigenvalue weighted by atomic mass is 10.1. The van der Waals surface area contributed by atoms with Gasteiger partial charge in [-0.1, -0.05) is 36.4 Å². The first kappa shape index (κ1) is 17.7. The van der Waals surface area contributed by atoms with Crippen molar-refractivity contribution in [3.8, 4) is 0 Å². The monoisotopic (exact) mass is 325 g/mol. The maximum Gasteiger partial charge on any atom is 0.251 e. The molecule has 2 amide bonds. The molecular weight excluding hydrogens is 302 g/mol. The summed E-state index contributed by atoms with van der Waals surface area (Å²) in [4.78, 5) is 25.6. The molecule has 0 aliphatic heterocycles. The molecule has 2 aromatic carbocycles. The fourth-order valence-electron chi connectivity index (χ4n) is 2.51. The van der Waals surface area contributed by atoms with Gasteiger partial charge in [0.25, 0.3) is 5.91 Å². The first-order valence-corrected chi connectivity index (χ1v) is 7.84. The molecule has 0 radical (unpaired) electrons. The average molecular weight is 325 g/mol. The van der Waals surface area contributed by atoms with E-state index in [1.54, 1.807) is 24.3 Å². The molecule has 0 bridgehead atoms. The van der Waals surface area contributed by atoms with Crippen LogP contribution in [0.25, 0.3) is 0 Å². The van der Waals surface area contributed by atoms with Crippen molar-refractivity contribution in [1.82, 2.24) is 10.2 Å². The van der Waals surface area contributed by atoms with Gasteiger partial charge in [-0.3, -0.25) is 9.59 Å². The van der Waals surface area contributed by atoms with Crippen molar-refractivity contribution in [2.24, 2.45) is 0 Å². The van der Waals surface area contributed by atoms with Gasteiger partial charge in [0.1, 0.15) is 0 Å². The Bertz CT molecular complexity index is 699. The van der Waals surface area contributed by atoms with Crippen molar-refractivity contribution in [3.05, 3.63) is 65.7 Å². The highest BCUT2D eigenvalue weighted by Crippen LogP contribution is 2.17. The van der Waals surface area contributed by atoms with Crippen molar-refractivity contribution >= 4 is 17.5 Å². The van der Waals surface area contributed by atoms with Crippen LogP contribution in [0, 0.1) is 0 Å². The molecule has 2 aromatic rings. The van der Waals surface area contributed by atoms with Crippen molar-refractivity contribution in [2.45, 2.75) is 13.0 Å². The average Bonchev–Trinajstić information content (AvgIpc) is 2.55. The number of nitrogens with one attached hydrogen (secondary N) is 2. The van der Waals surface area contributed by atoms with Gasteiger partial charge in [0.15, 0.2) is 0 Å². The Morgan fingerprint density at radius 3 is 2.38 bits per heavy atom. The largest absolute Gasteiger partial charge is 0.350 e. The number of carbonyl (C=O) groups is 2. The van der Waals surface area contributed by atoms with Crippen molar-refractivity contribution in [1.29, 1.82) is 0 Å². The maximum atomic E-state index is 12.4. The number of anilines is 1. The molecule has 0 saturated carbocycles. The number of benzene rings is 2. The van der Waals surface area contributed by atoms with Gasteiger partial charge in [-0.2, -0.15) is 0 Å². The lowest BCUT2D eigenvalue weighted by molar-refractivity contribution is -0.114. The third-order valence-corrected chi connectivity index (χ3v) is 3.71.